The number of rotatable bonds is 8. The van der Waals surface area contributed by atoms with Crippen molar-refractivity contribution >= 4 is 22.5 Å². The van der Waals surface area contributed by atoms with Crippen molar-refractivity contribution in [3.8, 4) is 17.1 Å². The van der Waals surface area contributed by atoms with Crippen LogP contribution in [0.4, 0.5) is 5.69 Å². The molecule has 0 spiro atoms. The summed E-state index contributed by atoms with van der Waals surface area (Å²) in [5.74, 6) is 1.02. The van der Waals surface area contributed by atoms with Crippen LogP contribution in [-0.2, 0) is 17.8 Å². The van der Waals surface area contributed by atoms with Crippen LogP contribution in [0.5, 0.6) is 5.75 Å². The van der Waals surface area contributed by atoms with Gasteiger partial charge in [0.2, 0.25) is 0 Å². The van der Waals surface area contributed by atoms with Gasteiger partial charge in [0.25, 0.3) is 5.91 Å². The fourth-order valence-corrected chi connectivity index (χ4v) is 5.01. The number of hydrogen-bond acceptors (Lipinski definition) is 7. The molecule has 0 radical (unpaired) electrons. The maximum Gasteiger partial charge on any atom is 0.273 e. The minimum absolute atomic E-state index is 0.164. The minimum Gasteiger partial charge on any atom is -0.495 e. The Morgan fingerprint density at radius 3 is 2.67 bits per heavy atom. The monoisotopic (exact) mass is 528 g/mol. The van der Waals surface area contributed by atoms with Gasteiger partial charge in [-0.1, -0.05) is 11.6 Å². The van der Waals surface area contributed by atoms with Crippen LogP contribution in [0.25, 0.3) is 22.3 Å². The number of nitrogens with one attached hydrogen (secondary N) is 1. The second kappa shape index (κ2) is 11.4. The highest BCUT2D eigenvalue weighted by atomic mass is 16.5. The summed E-state index contributed by atoms with van der Waals surface area (Å²) in [4.78, 5) is 25.2. The zero-order chi connectivity index (χ0) is 27.5. The van der Waals surface area contributed by atoms with E-state index >= 15 is 0 Å². The first-order valence-electron chi connectivity index (χ1n) is 13.5. The van der Waals surface area contributed by atoms with Crippen molar-refractivity contribution in [1.29, 1.82) is 0 Å². The zero-order valence-corrected chi connectivity index (χ0v) is 23.3. The van der Waals surface area contributed by atoms with Gasteiger partial charge in [0.1, 0.15) is 11.4 Å². The Hall–Kier alpha value is -3.98. The van der Waals surface area contributed by atoms with Gasteiger partial charge in [-0.25, -0.2) is 9.97 Å². The van der Waals surface area contributed by atoms with E-state index in [1.54, 1.807) is 19.1 Å². The van der Waals surface area contributed by atoms with Crippen LogP contribution in [0.2, 0.25) is 0 Å². The molecule has 9 nitrogen and oxygen atoms in total. The molecular weight excluding hydrogens is 492 g/mol. The molecule has 1 aliphatic heterocycles. The average molecular weight is 529 g/mol. The molecule has 1 N–H and O–H groups in total. The fraction of sp³-hybridized carbons (Fsp3) is 0.400. The summed E-state index contributed by atoms with van der Waals surface area (Å²) in [6, 6.07) is 12.2. The number of ether oxygens (including phenoxy) is 2. The van der Waals surface area contributed by atoms with Gasteiger partial charge in [-0.05, 0) is 63.9 Å². The lowest BCUT2D eigenvalue weighted by Gasteiger charge is -2.25. The summed E-state index contributed by atoms with van der Waals surface area (Å²) in [7, 11) is 3.46. The predicted octanol–water partition coefficient (Wildman–Crippen LogP) is 5.00. The highest BCUT2D eigenvalue weighted by molar-refractivity contribution is 6.05. The van der Waals surface area contributed by atoms with Gasteiger partial charge in [-0.2, -0.15) is 5.10 Å². The predicted molar refractivity (Wildman–Crippen MR) is 152 cm³/mol. The third kappa shape index (κ3) is 5.59. The van der Waals surface area contributed by atoms with Crippen LogP contribution < -0.4 is 10.1 Å². The van der Waals surface area contributed by atoms with Crippen LogP contribution >= 0.6 is 0 Å². The van der Waals surface area contributed by atoms with E-state index < -0.39 is 0 Å². The Labute approximate surface area is 229 Å². The molecule has 2 aromatic heterocycles. The molecule has 5 rings (SSSR count). The first kappa shape index (κ1) is 26.6. The van der Waals surface area contributed by atoms with Crippen molar-refractivity contribution in [3.63, 3.8) is 0 Å². The molecule has 9 heteroatoms. The molecule has 39 heavy (non-hydrogen) atoms. The SMILES string of the molecule is CCn1ncc(CN(C)C(=O)c2nc(-c3ccc(NC4CCOCC4)c(OC)c3)nc3ccc(C)cc23)c1C. The summed E-state index contributed by atoms with van der Waals surface area (Å²) in [5.41, 5.74) is 5.92. The smallest absolute Gasteiger partial charge is 0.273 e. The Morgan fingerprint density at radius 1 is 1.15 bits per heavy atom. The highest BCUT2D eigenvalue weighted by Gasteiger charge is 2.22. The van der Waals surface area contributed by atoms with Crippen molar-refractivity contribution in [2.24, 2.45) is 0 Å². The summed E-state index contributed by atoms with van der Waals surface area (Å²) in [5, 5.41) is 8.74. The lowest BCUT2D eigenvalue weighted by molar-refractivity contribution is 0.0781. The number of methoxy groups -OCH3 is 1. The molecule has 0 unspecified atom stereocenters. The number of aryl methyl sites for hydroxylation is 2. The molecule has 1 saturated heterocycles. The van der Waals surface area contributed by atoms with Crippen molar-refractivity contribution < 1.29 is 14.3 Å². The molecule has 0 aliphatic carbocycles. The average Bonchev–Trinajstić information content (AvgIpc) is 3.31. The highest BCUT2D eigenvalue weighted by Crippen LogP contribution is 2.32. The van der Waals surface area contributed by atoms with Gasteiger partial charge in [0.15, 0.2) is 5.82 Å². The third-order valence-corrected chi connectivity index (χ3v) is 7.35. The first-order chi connectivity index (χ1) is 18.9. The van der Waals surface area contributed by atoms with Crippen molar-refractivity contribution in [2.45, 2.75) is 52.7 Å². The van der Waals surface area contributed by atoms with Crippen LogP contribution in [0.15, 0.2) is 42.6 Å². The fourth-order valence-electron chi connectivity index (χ4n) is 5.01. The van der Waals surface area contributed by atoms with E-state index in [0.29, 0.717) is 29.9 Å². The molecule has 0 saturated carbocycles. The lowest BCUT2D eigenvalue weighted by Crippen LogP contribution is -2.28. The summed E-state index contributed by atoms with van der Waals surface area (Å²) < 4.78 is 13.1. The summed E-state index contributed by atoms with van der Waals surface area (Å²) in [6.45, 7) is 8.83. The van der Waals surface area contributed by atoms with Gasteiger partial charge < -0.3 is 19.7 Å². The first-order valence-corrected chi connectivity index (χ1v) is 13.5. The van der Waals surface area contributed by atoms with Crippen molar-refractivity contribution in [3.05, 3.63) is 65.1 Å². The van der Waals surface area contributed by atoms with E-state index in [4.69, 9.17) is 19.4 Å². The van der Waals surface area contributed by atoms with E-state index in [2.05, 4.69) is 17.3 Å². The van der Waals surface area contributed by atoms with Gasteiger partial charge in [-0.15, -0.1) is 0 Å². The number of nitrogens with zero attached hydrogens (tertiary/aromatic N) is 5. The second-order valence-corrected chi connectivity index (χ2v) is 10.1. The molecule has 1 aliphatic rings. The van der Waals surface area contributed by atoms with Crippen LogP contribution in [-0.4, -0.2) is 64.0 Å². The van der Waals surface area contributed by atoms with Crippen molar-refractivity contribution in [1.82, 2.24) is 24.6 Å². The quantitative estimate of drug-likeness (QED) is 0.344. The minimum atomic E-state index is -0.164. The van der Waals surface area contributed by atoms with Crippen LogP contribution in [0.3, 0.4) is 0 Å². The normalized spacial score (nSPS) is 14.0. The number of anilines is 1. The lowest BCUT2D eigenvalue weighted by atomic mass is 10.1. The van der Waals surface area contributed by atoms with E-state index in [-0.39, 0.29) is 5.91 Å². The van der Waals surface area contributed by atoms with Crippen molar-refractivity contribution in [2.75, 3.05) is 32.7 Å². The standard InChI is InChI=1S/C30H36N6O3/c1-6-36-20(3)22(17-31-36)18-35(4)30(37)28-24-15-19(2)7-9-25(24)33-29(34-28)21-8-10-26(27(16-21)38-5)32-23-11-13-39-14-12-23/h7-10,15-17,23,32H,6,11-14,18H2,1-5H3. The van der Waals surface area contributed by atoms with E-state index in [1.807, 2.05) is 61.1 Å². The van der Waals surface area contributed by atoms with Gasteiger partial charge in [0.05, 0.1) is 24.5 Å². The molecule has 4 aromatic rings. The number of hydrogen-bond donors (Lipinski definition) is 1. The molecule has 204 valence electrons. The van der Waals surface area contributed by atoms with Crippen LogP contribution in [0.1, 0.15) is 47.1 Å². The van der Waals surface area contributed by atoms with Gasteiger partial charge in [0, 0.05) is 61.6 Å². The molecule has 0 bridgehead atoms. The Morgan fingerprint density at radius 2 is 1.95 bits per heavy atom. The number of benzene rings is 2. The molecule has 2 aromatic carbocycles. The van der Waals surface area contributed by atoms with Crippen LogP contribution in [0, 0.1) is 13.8 Å². The van der Waals surface area contributed by atoms with E-state index in [0.717, 1.165) is 71.6 Å². The molecule has 0 atom stereocenters. The largest absolute Gasteiger partial charge is 0.495 e. The second-order valence-electron chi connectivity index (χ2n) is 10.1. The third-order valence-electron chi connectivity index (χ3n) is 7.35. The Kier molecular flexibility index (Phi) is 7.79. The van der Waals surface area contributed by atoms with Gasteiger partial charge >= 0.3 is 0 Å². The molecule has 3 heterocycles. The topological polar surface area (TPSA) is 94.4 Å². The molecular formula is C30H36N6O3. The maximum absolute atomic E-state index is 13.8. The summed E-state index contributed by atoms with van der Waals surface area (Å²) in [6.07, 6.45) is 3.74. The maximum atomic E-state index is 13.8. The number of carbonyl (C=O) groups is 1. The number of aromatic nitrogens is 4. The number of carbonyl (C=O) groups excluding carboxylic acids is 1. The Balaban J connectivity index is 1.50. The Bertz CT molecular complexity index is 1490. The molecule has 1 fully saturated rings. The van der Waals surface area contributed by atoms with Gasteiger partial charge in [-0.3, -0.25) is 9.48 Å². The zero-order valence-electron chi connectivity index (χ0n) is 23.3. The number of fused-ring (bicyclic) bond motifs is 1. The van der Waals surface area contributed by atoms with E-state index in [9.17, 15) is 4.79 Å². The number of amides is 1. The summed E-state index contributed by atoms with van der Waals surface area (Å²) >= 11 is 0. The van der Waals surface area contributed by atoms with E-state index in [1.165, 1.54) is 0 Å². The molecule has 1 amide bonds.